The van der Waals surface area contributed by atoms with Crippen molar-refractivity contribution in [2.75, 3.05) is 0 Å². The van der Waals surface area contributed by atoms with Gasteiger partial charge in [0.15, 0.2) is 0 Å². The molecule has 0 fully saturated rings. The zero-order valence-electron chi connectivity index (χ0n) is 17.6. The smallest absolute Gasteiger partial charge is 0.311 e. The van der Waals surface area contributed by atoms with Gasteiger partial charge in [-0.2, -0.15) is 0 Å². The van der Waals surface area contributed by atoms with Gasteiger partial charge in [0.1, 0.15) is 0 Å². The first-order valence-electron chi connectivity index (χ1n) is 10.7. The van der Waals surface area contributed by atoms with Crippen LogP contribution >= 0.6 is 0 Å². The van der Waals surface area contributed by atoms with Crippen LogP contribution in [0.4, 0.5) is 0 Å². The van der Waals surface area contributed by atoms with E-state index in [4.69, 9.17) is 0 Å². The number of nitrogens with one attached hydrogen (secondary N) is 2. The van der Waals surface area contributed by atoms with Crippen LogP contribution < -0.4 is 11.2 Å². The van der Waals surface area contributed by atoms with Gasteiger partial charge in [0.05, 0.1) is 0 Å². The fourth-order valence-electron chi connectivity index (χ4n) is 4.43. The van der Waals surface area contributed by atoms with Crippen LogP contribution in [0.5, 0.6) is 0 Å². The Bertz CT molecular complexity index is 1190. The summed E-state index contributed by atoms with van der Waals surface area (Å²) in [6.45, 7) is 4.34. The lowest BCUT2D eigenvalue weighted by Crippen LogP contribution is -2.30. The van der Waals surface area contributed by atoms with Crippen molar-refractivity contribution in [1.82, 2.24) is 9.97 Å². The molecule has 2 N–H and O–H groups in total. The summed E-state index contributed by atoms with van der Waals surface area (Å²) in [7, 11) is 0. The van der Waals surface area contributed by atoms with Crippen LogP contribution in [0.25, 0.3) is 5.57 Å². The number of hydrogen-bond acceptors (Lipinski definition) is 2. The predicted octanol–water partition coefficient (Wildman–Crippen LogP) is 4.88. The summed E-state index contributed by atoms with van der Waals surface area (Å²) in [6.07, 6.45) is 6.53. The second kappa shape index (κ2) is 8.70. The molecule has 4 rings (SSSR count). The van der Waals surface area contributed by atoms with E-state index < -0.39 is 5.69 Å². The number of H-pyrrole nitrogens is 2. The number of hydrogen-bond donors (Lipinski definition) is 2. The Balaban J connectivity index is 1.65. The Kier molecular flexibility index (Phi) is 5.84. The number of aryl methyl sites for hydroxylation is 2. The maximum Gasteiger partial charge on any atom is 0.325 e. The Morgan fingerprint density at radius 3 is 2.50 bits per heavy atom. The molecule has 4 nitrogen and oxygen atoms in total. The van der Waals surface area contributed by atoms with E-state index in [-0.39, 0.29) is 11.5 Å². The summed E-state index contributed by atoms with van der Waals surface area (Å²) in [5.41, 5.74) is 7.18. The van der Waals surface area contributed by atoms with Gasteiger partial charge in [0, 0.05) is 23.6 Å². The standard InChI is InChI=1S/C26H28N2O2/c1-3-18-10-9-17(2)22(15-18)20-11-13-21(14-12-20)24-23(25(29)28-26(30)27-24)16-19-7-5-4-6-8-19/h4-11,15,21H,3,12-14,16H2,1-2H3,(H2,27,28,29,30). The molecule has 0 saturated heterocycles. The molecule has 1 unspecified atom stereocenters. The summed E-state index contributed by atoms with van der Waals surface area (Å²) in [5.74, 6) is 0.150. The molecule has 0 amide bonds. The van der Waals surface area contributed by atoms with Crippen LogP contribution in [-0.4, -0.2) is 9.97 Å². The minimum Gasteiger partial charge on any atom is -0.311 e. The predicted molar refractivity (Wildman–Crippen MR) is 122 cm³/mol. The van der Waals surface area contributed by atoms with Gasteiger partial charge in [-0.15, -0.1) is 0 Å². The van der Waals surface area contributed by atoms with Crippen molar-refractivity contribution in [3.8, 4) is 0 Å². The van der Waals surface area contributed by atoms with Gasteiger partial charge >= 0.3 is 5.69 Å². The van der Waals surface area contributed by atoms with Crippen molar-refractivity contribution in [2.24, 2.45) is 0 Å². The highest BCUT2D eigenvalue weighted by molar-refractivity contribution is 5.69. The molecule has 3 aromatic rings. The fourth-order valence-corrected chi connectivity index (χ4v) is 4.43. The van der Waals surface area contributed by atoms with Gasteiger partial charge < -0.3 is 4.98 Å². The molecule has 0 radical (unpaired) electrons. The van der Waals surface area contributed by atoms with Crippen molar-refractivity contribution in [3.63, 3.8) is 0 Å². The summed E-state index contributed by atoms with van der Waals surface area (Å²) < 4.78 is 0. The van der Waals surface area contributed by atoms with Gasteiger partial charge in [-0.05, 0) is 60.4 Å². The van der Waals surface area contributed by atoms with Gasteiger partial charge in [-0.1, -0.05) is 61.5 Å². The molecule has 0 spiro atoms. The Hall–Kier alpha value is -3.14. The Labute approximate surface area is 176 Å². The number of aromatic nitrogens is 2. The minimum atomic E-state index is -0.423. The van der Waals surface area contributed by atoms with E-state index in [0.29, 0.717) is 12.0 Å². The third kappa shape index (κ3) is 4.23. The maximum atomic E-state index is 12.6. The molecule has 1 atom stereocenters. The van der Waals surface area contributed by atoms with E-state index in [2.05, 4.69) is 48.1 Å². The van der Waals surface area contributed by atoms with Crippen LogP contribution in [-0.2, 0) is 12.8 Å². The molecule has 1 aliphatic rings. The largest absolute Gasteiger partial charge is 0.325 e. The highest BCUT2D eigenvalue weighted by atomic mass is 16.2. The van der Waals surface area contributed by atoms with Crippen LogP contribution in [0.15, 0.2) is 64.2 Å². The second-order valence-electron chi connectivity index (χ2n) is 8.17. The van der Waals surface area contributed by atoms with Crippen molar-refractivity contribution < 1.29 is 0 Å². The molecular weight excluding hydrogens is 372 g/mol. The summed E-state index contributed by atoms with van der Waals surface area (Å²) >= 11 is 0. The zero-order chi connectivity index (χ0) is 21.1. The van der Waals surface area contributed by atoms with Crippen LogP contribution in [0.2, 0.25) is 0 Å². The van der Waals surface area contributed by atoms with E-state index in [1.54, 1.807) is 0 Å². The average Bonchev–Trinajstić information content (AvgIpc) is 2.77. The molecule has 4 heteroatoms. The maximum absolute atomic E-state index is 12.6. The van der Waals surface area contributed by atoms with Crippen LogP contribution in [0.3, 0.4) is 0 Å². The lowest BCUT2D eigenvalue weighted by Gasteiger charge is -2.25. The third-order valence-electron chi connectivity index (χ3n) is 6.17. The Morgan fingerprint density at radius 1 is 1.00 bits per heavy atom. The van der Waals surface area contributed by atoms with Crippen molar-refractivity contribution in [1.29, 1.82) is 0 Å². The molecule has 0 bridgehead atoms. The van der Waals surface area contributed by atoms with Crippen molar-refractivity contribution in [3.05, 3.63) is 109 Å². The van der Waals surface area contributed by atoms with Crippen LogP contribution in [0, 0.1) is 6.92 Å². The number of aromatic amines is 2. The van der Waals surface area contributed by atoms with E-state index in [0.717, 1.165) is 36.9 Å². The normalized spacial score (nSPS) is 16.3. The molecule has 2 aromatic carbocycles. The second-order valence-corrected chi connectivity index (χ2v) is 8.17. The van der Waals surface area contributed by atoms with E-state index in [1.165, 1.54) is 22.3 Å². The molecular formula is C26H28N2O2. The molecule has 1 heterocycles. The van der Waals surface area contributed by atoms with Gasteiger partial charge in [0.25, 0.3) is 5.56 Å². The van der Waals surface area contributed by atoms with Gasteiger partial charge in [0.2, 0.25) is 0 Å². The highest BCUT2D eigenvalue weighted by Crippen LogP contribution is 2.37. The first kappa shape index (κ1) is 20.1. The number of benzene rings is 2. The topological polar surface area (TPSA) is 65.7 Å². The van der Waals surface area contributed by atoms with E-state index >= 15 is 0 Å². The molecule has 1 aromatic heterocycles. The lowest BCUT2D eigenvalue weighted by atomic mass is 9.81. The molecule has 1 aliphatic carbocycles. The van der Waals surface area contributed by atoms with E-state index in [9.17, 15) is 9.59 Å². The molecule has 0 aliphatic heterocycles. The third-order valence-corrected chi connectivity index (χ3v) is 6.17. The minimum absolute atomic E-state index is 0.150. The Morgan fingerprint density at radius 2 is 1.80 bits per heavy atom. The van der Waals surface area contributed by atoms with Gasteiger partial charge in [-0.3, -0.25) is 9.78 Å². The SMILES string of the molecule is CCc1ccc(C)c(C2=CCC(c3[nH]c(=O)[nH]c(=O)c3Cc3ccccc3)CC2)c1. The summed E-state index contributed by atoms with van der Waals surface area (Å²) in [5, 5.41) is 0. The quantitative estimate of drug-likeness (QED) is 0.641. The summed E-state index contributed by atoms with van der Waals surface area (Å²) in [4.78, 5) is 30.0. The van der Waals surface area contributed by atoms with Crippen LogP contribution in [0.1, 0.15) is 65.6 Å². The number of rotatable bonds is 5. The first-order valence-corrected chi connectivity index (χ1v) is 10.7. The molecule has 30 heavy (non-hydrogen) atoms. The monoisotopic (exact) mass is 400 g/mol. The average molecular weight is 401 g/mol. The van der Waals surface area contributed by atoms with E-state index in [1.807, 2.05) is 30.3 Å². The molecule has 0 saturated carbocycles. The summed E-state index contributed by atoms with van der Waals surface area (Å²) in [6, 6.07) is 16.6. The molecule has 154 valence electrons. The van der Waals surface area contributed by atoms with Crippen molar-refractivity contribution in [2.45, 2.75) is 51.9 Å². The zero-order valence-corrected chi connectivity index (χ0v) is 17.6. The number of allylic oxidation sites excluding steroid dienone is 2. The fraction of sp³-hybridized carbons (Fsp3) is 0.308. The first-order chi connectivity index (χ1) is 14.5. The lowest BCUT2D eigenvalue weighted by molar-refractivity contribution is 0.595. The van der Waals surface area contributed by atoms with Gasteiger partial charge in [-0.25, -0.2) is 4.79 Å². The van der Waals surface area contributed by atoms with Crippen molar-refractivity contribution >= 4 is 5.57 Å². The highest BCUT2D eigenvalue weighted by Gasteiger charge is 2.23.